The summed E-state index contributed by atoms with van der Waals surface area (Å²) in [5.41, 5.74) is 0.975. The van der Waals surface area contributed by atoms with Crippen LogP contribution < -0.4 is 5.32 Å². The second kappa shape index (κ2) is 9.85. The molecule has 0 bridgehead atoms. The molecule has 2 unspecified atom stereocenters. The maximum absolute atomic E-state index is 12.9. The SMILES string of the molecule is CCCCC(C(=O)Nc1cc(C)on1)N1CCC(C(O)c2ccccc2)CC1. The van der Waals surface area contributed by atoms with Gasteiger partial charge in [0.05, 0.1) is 12.1 Å². The third-order valence-corrected chi connectivity index (χ3v) is 5.62. The first kappa shape index (κ1) is 20.6. The number of carbonyl (C=O) groups excluding carboxylic acids is 1. The molecule has 2 heterocycles. The molecule has 6 heteroatoms. The zero-order valence-corrected chi connectivity index (χ0v) is 16.8. The van der Waals surface area contributed by atoms with Gasteiger partial charge in [-0.3, -0.25) is 9.69 Å². The molecule has 1 aliphatic rings. The van der Waals surface area contributed by atoms with Crippen LogP contribution in [-0.4, -0.2) is 40.2 Å². The maximum atomic E-state index is 12.9. The van der Waals surface area contributed by atoms with E-state index in [1.807, 2.05) is 30.3 Å². The topological polar surface area (TPSA) is 78.6 Å². The smallest absolute Gasteiger partial charge is 0.242 e. The number of unbranched alkanes of at least 4 members (excludes halogenated alkanes) is 1. The Bertz CT molecular complexity index is 738. The zero-order chi connectivity index (χ0) is 19.9. The van der Waals surface area contributed by atoms with E-state index in [9.17, 15) is 9.90 Å². The van der Waals surface area contributed by atoms with Crippen LogP contribution in [-0.2, 0) is 4.79 Å². The number of hydrogen-bond acceptors (Lipinski definition) is 5. The van der Waals surface area contributed by atoms with Gasteiger partial charge >= 0.3 is 0 Å². The molecule has 1 aromatic carbocycles. The van der Waals surface area contributed by atoms with Crippen molar-refractivity contribution in [1.82, 2.24) is 10.1 Å². The fourth-order valence-corrected chi connectivity index (χ4v) is 3.98. The minimum Gasteiger partial charge on any atom is -0.388 e. The van der Waals surface area contributed by atoms with Crippen LogP contribution in [0.25, 0.3) is 0 Å². The van der Waals surface area contributed by atoms with E-state index < -0.39 is 6.10 Å². The number of nitrogens with zero attached hydrogens (tertiary/aromatic N) is 2. The molecule has 2 N–H and O–H groups in total. The number of aliphatic hydroxyl groups is 1. The number of amides is 1. The van der Waals surface area contributed by atoms with Crippen molar-refractivity contribution in [3.8, 4) is 0 Å². The van der Waals surface area contributed by atoms with Gasteiger partial charge in [0.1, 0.15) is 5.76 Å². The fourth-order valence-electron chi connectivity index (χ4n) is 3.98. The van der Waals surface area contributed by atoms with Crippen LogP contribution in [0, 0.1) is 12.8 Å². The summed E-state index contributed by atoms with van der Waals surface area (Å²) < 4.78 is 5.05. The highest BCUT2D eigenvalue weighted by molar-refractivity contribution is 5.94. The number of hydrogen-bond donors (Lipinski definition) is 2. The molecule has 6 nitrogen and oxygen atoms in total. The maximum Gasteiger partial charge on any atom is 0.242 e. The largest absolute Gasteiger partial charge is 0.388 e. The van der Waals surface area contributed by atoms with Crippen molar-refractivity contribution in [2.24, 2.45) is 5.92 Å². The second-order valence-electron chi connectivity index (χ2n) is 7.70. The summed E-state index contributed by atoms with van der Waals surface area (Å²) in [6, 6.07) is 11.4. The summed E-state index contributed by atoms with van der Waals surface area (Å²) in [6.45, 7) is 5.57. The normalized spacial score (nSPS) is 18.0. The Morgan fingerprint density at radius 2 is 2.04 bits per heavy atom. The number of benzene rings is 1. The van der Waals surface area contributed by atoms with E-state index in [1.165, 1.54) is 0 Å². The summed E-state index contributed by atoms with van der Waals surface area (Å²) in [7, 11) is 0. The number of aromatic nitrogens is 1. The Morgan fingerprint density at radius 1 is 1.32 bits per heavy atom. The Labute approximate surface area is 166 Å². The average molecular weight is 386 g/mol. The monoisotopic (exact) mass is 385 g/mol. The van der Waals surface area contributed by atoms with Crippen LogP contribution in [0.5, 0.6) is 0 Å². The lowest BCUT2D eigenvalue weighted by molar-refractivity contribution is -0.122. The van der Waals surface area contributed by atoms with Crippen molar-refractivity contribution in [2.75, 3.05) is 18.4 Å². The number of piperidine rings is 1. The molecule has 0 radical (unpaired) electrons. The predicted molar refractivity (Wildman–Crippen MR) is 109 cm³/mol. The highest BCUT2D eigenvalue weighted by Crippen LogP contribution is 2.31. The number of carbonyl (C=O) groups is 1. The van der Waals surface area contributed by atoms with Crippen LogP contribution in [0.4, 0.5) is 5.82 Å². The Hall–Kier alpha value is -2.18. The lowest BCUT2D eigenvalue weighted by Gasteiger charge is -2.38. The van der Waals surface area contributed by atoms with E-state index in [0.717, 1.165) is 50.8 Å². The summed E-state index contributed by atoms with van der Waals surface area (Å²) in [5, 5.41) is 17.5. The second-order valence-corrected chi connectivity index (χ2v) is 7.70. The van der Waals surface area contributed by atoms with Gasteiger partial charge in [-0.1, -0.05) is 55.3 Å². The third-order valence-electron chi connectivity index (χ3n) is 5.62. The van der Waals surface area contributed by atoms with Crippen LogP contribution in [0.15, 0.2) is 40.9 Å². The standard InChI is InChI=1S/C22H31N3O3/c1-3-4-10-19(22(27)23-20-15-16(2)28-24-20)25-13-11-18(12-14-25)21(26)17-8-6-5-7-9-17/h5-9,15,18-19,21,26H,3-4,10-14H2,1-2H3,(H,23,24,27). The first-order valence-corrected chi connectivity index (χ1v) is 10.3. The number of likely N-dealkylation sites (tertiary alicyclic amines) is 1. The molecular formula is C22H31N3O3. The van der Waals surface area contributed by atoms with Gasteiger partial charge in [-0.2, -0.15) is 0 Å². The van der Waals surface area contributed by atoms with Gasteiger partial charge in [0.25, 0.3) is 0 Å². The molecule has 1 aromatic heterocycles. The van der Waals surface area contributed by atoms with Crippen LogP contribution in [0.2, 0.25) is 0 Å². The molecular weight excluding hydrogens is 354 g/mol. The minimum atomic E-state index is -0.440. The van der Waals surface area contributed by atoms with Gasteiger partial charge in [0.15, 0.2) is 5.82 Å². The summed E-state index contributed by atoms with van der Waals surface area (Å²) >= 11 is 0. The Balaban J connectivity index is 1.60. The van der Waals surface area contributed by atoms with Crippen molar-refractivity contribution in [3.63, 3.8) is 0 Å². The van der Waals surface area contributed by atoms with Crippen LogP contribution in [0.1, 0.15) is 56.5 Å². The van der Waals surface area contributed by atoms with E-state index >= 15 is 0 Å². The first-order chi connectivity index (χ1) is 13.6. The molecule has 3 rings (SSSR count). The summed E-state index contributed by atoms with van der Waals surface area (Å²) in [6.07, 6.45) is 4.21. The number of aryl methyl sites for hydroxylation is 1. The average Bonchev–Trinajstić information content (AvgIpc) is 3.13. The number of nitrogens with one attached hydrogen (secondary N) is 1. The summed E-state index contributed by atoms with van der Waals surface area (Å²) in [5.74, 6) is 1.35. The molecule has 0 saturated carbocycles. The van der Waals surface area contributed by atoms with E-state index in [4.69, 9.17) is 4.52 Å². The molecule has 0 spiro atoms. The van der Waals surface area contributed by atoms with Gasteiger partial charge in [-0.25, -0.2) is 0 Å². The van der Waals surface area contributed by atoms with Gasteiger partial charge in [0, 0.05) is 6.07 Å². The van der Waals surface area contributed by atoms with E-state index in [-0.39, 0.29) is 17.9 Å². The van der Waals surface area contributed by atoms with Crippen molar-refractivity contribution >= 4 is 11.7 Å². The van der Waals surface area contributed by atoms with Gasteiger partial charge in [-0.05, 0) is 50.8 Å². The van der Waals surface area contributed by atoms with E-state index in [0.29, 0.717) is 11.6 Å². The van der Waals surface area contributed by atoms with Crippen molar-refractivity contribution in [3.05, 3.63) is 47.7 Å². The predicted octanol–water partition coefficient (Wildman–Crippen LogP) is 3.93. The molecule has 2 atom stereocenters. The molecule has 0 aliphatic carbocycles. The van der Waals surface area contributed by atoms with Crippen LogP contribution >= 0.6 is 0 Å². The number of anilines is 1. The van der Waals surface area contributed by atoms with Gasteiger partial charge < -0.3 is 14.9 Å². The zero-order valence-electron chi connectivity index (χ0n) is 16.8. The number of rotatable bonds is 8. The molecule has 28 heavy (non-hydrogen) atoms. The van der Waals surface area contributed by atoms with Gasteiger partial charge in [0.2, 0.25) is 5.91 Å². The van der Waals surface area contributed by atoms with Crippen molar-refractivity contribution in [1.29, 1.82) is 0 Å². The van der Waals surface area contributed by atoms with Crippen LogP contribution in [0.3, 0.4) is 0 Å². The van der Waals surface area contributed by atoms with E-state index in [1.54, 1.807) is 13.0 Å². The molecule has 152 valence electrons. The highest BCUT2D eigenvalue weighted by Gasteiger charge is 2.32. The molecule has 1 fully saturated rings. The van der Waals surface area contributed by atoms with Crippen molar-refractivity contribution in [2.45, 2.75) is 58.1 Å². The molecule has 1 saturated heterocycles. The summed E-state index contributed by atoms with van der Waals surface area (Å²) in [4.78, 5) is 15.1. The minimum absolute atomic E-state index is 0.0243. The number of aliphatic hydroxyl groups excluding tert-OH is 1. The third kappa shape index (κ3) is 5.20. The van der Waals surface area contributed by atoms with Crippen molar-refractivity contribution < 1.29 is 14.4 Å². The first-order valence-electron chi connectivity index (χ1n) is 10.3. The lowest BCUT2D eigenvalue weighted by atomic mass is 9.86. The Morgan fingerprint density at radius 3 is 2.64 bits per heavy atom. The molecule has 1 amide bonds. The molecule has 2 aromatic rings. The lowest BCUT2D eigenvalue weighted by Crippen LogP contribution is -2.48. The highest BCUT2D eigenvalue weighted by atomic mass is 16.5. The quantitative estimate of drug-likeness (QED) is 0.720. The Kier molecular flexibility index (Phi) is 7.23. The van der Waals surface area contributed by atoms with Gasteiger partial charge in [-0.15, -0.1) is 0 Å². The fraction of sp³-hybridized carbons (Fsp3) is 0.545. The molecule has 1 aliphatic heterocycles. The van der Waals surface area contributed by atoms with E-state index in [2.05, 4.69) is 22.3 Å².